The van der Waals surface area contributed by atoms with E-state index in [1.54, 1.807) is 11.3 Å². The lowest BCUT2D eigenvalue weighted by atomic mass is 10.0. The minimum atomic E-state index is 0.302. The number of hydrogen-bond acceptors (Lipinski definition) is 5. The maximum absolute atomic E-state index is 6.15. The number of morpholine rings is 1. The second-order valence-corrected chi connectivity index (χ2v) is 6.81. The number of ether oxygens (including phenoxy) is 1. The molecule has 1 aromatic carbocycles. The Morgan fingerprint density at radius 3 is 2.61 bits per heavy atom. The van der Waals surface area contributed by atoms with E-state index in [1.165, 1.54) is 16.7 Å². The molecule has 4 rings (SSSR count). The molecule has 23 heavy (non-hydrogen) atoms. The number of fused-ring (bicyclic) bond motifs is 1. The van der Waals surface area contributed by atoms with Gasteiger partial charge in [-0.3, -0.25) is 0 Å². The number of thiophene rings is 1. The predicted molar refractivity (Wildman–Crippen MR) is 95.6 cm³/mol. The van der Waals surface area contributed by atoms with Gasteiger partial charge in [0.25, 0.3) is 0 Å². The Morgan fingerprint density at radius 2 is 1.87 bits per heavy atom. The standard InChI is InChI=1S/C17H16ClN3OS/c1-11-2-4-12(5-3-11)13-10-23-16-14(13)15(19-17(18)20-16)21-6-8-22-9-7-21/h2-5,10H,6-9H2,1H3. The Hall–Kier alpha value is -1.69. The summed E-state index contributed by atoms with van der Waals surface area (Å²) in [5, 5.41) is 3.53. The molecule has 4 nitrogen and oxygen atoms in total. The quantitative estimate of drug-likeness (QED) is 0.654. The molecule has 0 spiro atoms. The molecule has 1 aliphatic heterocycles. The van der Waals surface area contributed by atoms with Crippen molar-refractivity contribution in [1.29, 1.82) is 0 Å². The fraction of sp³-hybridized carbons (Fsp3) is 0.294. The molecule has 0 atom stereocenters. The van der Waals surface area contributed by atoms with E-state index in [4.69, 9.17) is 16.3 Å². The normalized spacial score (nSPS) is 15.3. The highest BCUT2D eigenvalue weighted by Gasteiger charge is 2.21. The van der Waals surface area contributed by atoms with Gasteiger partial charge in [-0.05, 0) is 24.1 Å². The Morgan fingerprint density at radius 1 is 1.13 bits per heavy atom. The first-order chi connectivity index (χ1) is 11.2. The van der Waals surface area contributed by atoms with E-state index < -0.39 is 0 Å². The molecule has 0 amide bonds. The van der Waals surface area contributed by atoms with Gasteiger partial charge in [0.15, 0.2) is 0 Å². The van der Waals surface area contributed by atoms with Crippen LogP contribution in [-0.4, -0.2) is 36.3 Å². The zero-order valence-electron chi connectivity index (χ0n) is 12.8. The highest BCUT2D eigenvalue weighted by atomic mass is 35.5. The van der Waals surface area contributed by atoms with Crippen molar-refractivity contribution in [3.8, 4) is 11.1 Å². The van der Waals surface area contributed by atoms with Crippen LogP contribution < -0.4 is 4.90 Å². The van der Waals surface area contributed by atoms with Crippen LogP contribution in [0.3, 0.4) is 0 Å². The zero-order valence-corrected chi connectivity index (χ0v) is 14.3. The van der Waals surface area contributed by atoms with Crippen LogP contribution in [0.5, 0.6) is 0 Å². The molecule has 0 bridgehead atoms. The summed E-state index contributed by atoms with van der Waals surface area (Å²) in [7, 11) is 0. The predicted octanol–water partition coefficient (Wildman–Crippen LogP) is 4.16. The minimum Gasteiger partial charge on any atom is -0.378 e. The molecular formula is C17H16ClN3OS. The van der Waals surface area contributed by atoms with Gasteiger partial charge >= 0.3 is 0 Å². The van der Waals surface area contributed by atoms with Crippen molar-refractivity contribution < 1.29 is 4.74 Å². The van der Waals surface area contributed by atoms with E-state index in [1.807, 2.05) is 0 Å². The number of aryl methyl sites for hydroxylation is 1. The highest BCUT2D eigenvalue weighted by molar-refractivity contribution is 7.17. The molecule has 3 heterocycles. The molecule has 6 heteroatoms. The van der Waals surface area contributed by atoms with Crippen LogP contribution in [0, 0.1) is 6.92 Å². The molecule has 1 aliphatic rings. The summed E-state index contributed by atoms with van der Waals surface area (Å²) in [5.41, 5.74) is 3.60. The molecule has 1 saturated heterocycles. The summed E-state index contributed by atoms with van der Waals surface area (Å²) < 4.78 is 5.46. The summed E-state index contributed by atoms with van der Waals surface area (Å²) in [6.45, 7) is 5.18. The van der Waals surface area contributed by atoms with Gasteiger partial charge in [0, 0.05) is 24.0 Å². The molecule has 118 valence electrons. The molecule has 0 unspecified atom stereocenters. The summed E-state index contributed by atoms with van der Waals surface area (Å²) in [6.07, 6.45) is 0. The van der Waals surface area contributed by atoms with Crippen LogP contribution in [-0.2, 0) is 4.74 Å². The van der Waals surface area contributed by atoms with Crippen molar-refractivity contribution in [3.05, 3.63) is 40.5 Å². The van der Waals surface area contributed by atoms with Crippen LogP contribution in [0.2, 0.25) is 5.28 Å². The topological polar surface area (TPSA) is 38.2 Å². The monoisotopic (exact) mass is 345 g/mol. The summed E-state index contributed by atoms with van der Waals surface area (Å²) in [6, 6.07) is 8.55. The van der Waals surface area contributed by atoms with Gasteiger partial charge in [0.05, 0.1) is 18.6 Å². The number of aromatic nitrogens is 2. The van der Waals surface area contributed by atoms with Crippen LogP contribution >= 0.6 is 22.9 Å². The maximum Gasteiger partial charge on any atom is 0.225 e. The van der Waals surface area contributed by atoms with Crippen molar-refractivity contribution in [2.45, 2.75) is 6.92 Å². The van der Waals surface area contributed by atoms with Crippen LogP contribution in [0.25, 0.3) is 21.3 Å². The zero-order chi connectivity index (χ0) is 15.8. The lowest BCUT2D eigenvalue weighted by Gasteiger charge is -2.28. The second-order valence-electron chi connectivity index (χ2n) is 5.61. The van der Waals surface area contributed by atoms with Crippen molar-refractivity contribution in [2.75, 3.05) is 31.2 Å². The lowest BCUT2D eigenvalue weighted by molar-refractivity contribution is 0.122. The summed E-state index contributed by atoms with van der Waals surface area (Å²) in [4.78, 5) is 12.1. The molecule has 0 aliphatic carbocycles. The second kappa shape index (κ2) is 6.07. The fourth-order valence-corrected chi connectivity index (χ4v) is 4.00. The molecule has 3 aromatic rings. The number of rotatable bonds is 2. The molecular weight excluding hydrogens is 330 g/mol. The van der Waals surface area contributed by atoms with Gasteiger partial charge in [-0.25, -0.2) is 4.98 Å². The largest absolute Gasteiger partial charge is 0.378 e. The summed E-state index contributed by atoms with van der Waals surface area (Å²) >= 11 is 7.76. The first-order valence-corrected chi connectivity index (χ1v) is 8.82. The number of halogens is 1. The van der Waals surface area contributed by atoms with Crippen molar-refractivity contribution in [1.82, 2.24) is 9.97 Å². The van der Waals surface area contributed by atoms with E-state index >= 15 is 0 Å². The third kappa shape index (κ3) is 2.80. The van der Waals surface area contributed by atoms with Crippen LogP contribution in [0.1, 0.15) is 5.56 Å². The third-order valence-corrected chi connectivity index (χ3v) is 5.10. The van der Waals surface area contributed by atoms with Crippen molar-refractivity contribution in [3.63, 3.8) is 0 Å². The third-order valence-electron chi connectivity index (χ3n) is 4.06. The number of hydrogen-bond donors (Lipinski definition) is 0. The van der Waals surface area contributed by atoms with E-state index in [0.717, 1.165) is 29.1 Å². The van der Waals surface area contributed by atoms with Gasteiger partial charge in [-0.15, -0.1) is 11.3 Å². The highest BCUT2D eigenvalue weighted by Crippen LogP contribution is 2.39. The van der Waals surface area contributed by atoms with Crippen LogP contribution in [0.4, 0.5) is 5.82 Å². The Bertz CT molecular complexity index is 841. The molecule has 0 radical (unpaired) electrons. The Kier molecular flexibility index (Phi) is 3.93. The van der Waals surface area contributed by atoms with Crippen molar-refractivity contribution in [2.24, 2.45) is 0 Å². The first-order valence-electron chi connectivity index (χ1n) is 7.57. The van der Waals surface area contributed by atoms with Crippen LogP contribution in [0.15, 0.2) is 29.6 Å². The average molecular weight is 346 g/mol. The number of nitrogens with zero attached hydrogens (tertiary/aromatic N) is 3. The molecule has 2 aromatic heterocycles. The van der Waals surface area contributed by atoms with Gasteiger partial charge in [0.2, 0.25) is 5.28 Å². The summed E-state index contributed by atoms with van der Waals surface area (Å²) in [5.74, 6) is 0.917. The first kappa shape index (κ1) is 14.9. The van der Waals surface area contributed by atoms with Gasteiger partial charge in [-0.1, -0.05) is 29.8 Å². The average Bonchev–Trinajstić information content (AvgIpc) is 2.99. The van der Waals surface area contributed by atoms with E-state index in [-0.39, 0.29) is 0 Å². The Balaban J connectivity index is 1.90. The smallest absolute Gasteiger partial charge is 0.225 e. The molecule has 0 N–H and O–H groups in total. The maximum atomic E-state index is 6.15. The van der Waals surface area contributed by atoms with E-state index in [0.29, 0.717) is 18.5 Å². The SMILES string of the molecule is Cc1ccc(-c2csc3nc(Cl)nc(N4CCOCC4)c23)cc1. The Labute approximate surface area is 143 Å². The number of benzene rings is 1. The molecule has 0 saturated carbocycles. The van der Waals surface area contributed by atoms with Gasteiger partial charge < -0.3 is 9.64 Å². The van der Waals surface area contributed by atoms with Gasteiger partial charge in [0.1, 0.15) is 10.6 Å². The van der Waals surface area contributed by atoms with Crippen molar-refractivity contribution >= 4 is 39.0 Å². The number of anilines is 1. The molecule has 1 fully saturated rings. The lowest BCUT2D eigenvalue weighted by Crippen LogP contribution is -2.37. The minimum absolute atomic E-state index is 0.302. The fourth-order valence-electron chi connectivity index (χ4n) is 2.85. The van der Waals surface area contributed by atoms with E-state index in [2.05, 4.69) is 51.4 Å². The van der Waals surface area contributed by atoms with E-state index in [9.17, 15) is 0 Å². The van der Waals surface area contributed by atoms with Gasteiger partial charge in [-0.2, -0.15) is 4.98 Å².